The van der Waals surface area contributed by atoms with E-state index in [9.17, 15) is 14.4 Å². The van der Waals surface area contributed by atoms with Crippen LogP contribution in [0.5, 0.6) is 0 Å². The number of carbonyl (C=O) groups excluding carboxylic acids is 1. The minimum absolute atomic E-state index is 0.0385. The summed E-state index contributed by atoms with van der Waals surface area (Å²) < 4.78 is 3.88. The summed E-state index contributed by atoms with van der Waals surface area (Å²) in [5.74, 6) is 0.346. The molecule has 0 aliphatic carbocycles. The van der Waals surface area contributed by atoms with Gasteiger partial charge < -0.3 is 14.4 Å². The van der Waals surface area contributed by atoms with Crippen LogP contribution in [0, 0.1) is 5.92 Å². The number of rotatable bonds is 3. The Bertz CT molecular complexity index is 938. The smallest absolute Gasteiger partial charge is 0.332 e. The number of amides is 1. The zero-order chi connectivity index (χ0) is 18.5. The number of hydrogen-bond donors (Lipinski definition) is 0. The Kier molecular flexibility index (Phi) is 4.28. The highest BCUT2D eigenvalue weighted by molar-refractivity contribution is 5.79. The summed E-state index contributed by atoms with van der Waals surface area (Å²) >= 11 is 0. The molecule has 3 rings (SSSR count). The van der Waals surface area contributed by atoms with Gasteiger partial charge in [0.2, 0.25) is 5.91 Å². The van der Waals surface area contributed by atoms with E-state index in [1.54, 1.807) is 7.05 Å². The zero-order valence-corrected chi connectivity index (χ0v) is 15.3. The Morgan fingerprint density at radius 1 is 1.24 bits per heavy atom. The molecule has 1 saturated heterocycles. The molecule has 9 nitrogen and oxygen atoms in total. The second kappa shape index (κ2) is 6.14. The minimum Gasteiger partial charge on any atom is -0.339 e. The lowest BCUT2D eigenvalue weighted by molar-refractivity contribution is -0.130. The Morgan fingerprint density at radius 3 is 2.52 bits per heavy atom. The average Bonchev–Trinajstić information content (AvgIpc) is 3.15. The molecule has 1 aliphatic rings. The van der Waals surface area contributed by atoms with E-state index in [1.165, 1.54) is 22.5 Å². The standard InChI is InChI=1S/C16H24N6O3/c1-10-6-21(7-11(10)18(2)3)12(23)8-22-9-17-14-13(22)15(24)20(5)16(25)19(14)4/h9-11H,6-8H2,1-5H3/t10-,11+/m0/s1. The van der Waals surface area contributed by atoms with Gasteiger partial charge in [-0.3, -0.25) is 18.7 Å². The molecule has 0 spiro atoms. The maximum Gasteiger partial charge on any atom is 0.332 e. The van der Waals surface area contributed by atoms with Crippen LogP contribution in [-0.2, 0) is 25.4 Å². The van der Waals surface area contributed by atoms with Crippen LogP contribution in [0.2, 0.25) is 0 Å². The second-order valence-corrected chi connectivity index (χ2v) is 7.06. The van der Waals surface area contributed by atoms with Crippen molar-refractivity contribution in [3.05, 3.63) is 27.2 Å². The first-order chi connectivity index (χ1) is 11.7. The van der Waals surface area contributed by atoms with Crippen LogP contribution in [-0.4, -0.2) is 67.6 Å². The molecule has 2 atom stereocenters. The highest BCUT2D eigenvalue weighted by Crippen LogP contribution is 2.20. The predicted molar refractivity (Wildman–Crippen MR) is 93.4 cm³/mol. The lowest BCUT2D eigenvalue weighted by atomic mass is 10.1. The van der Waals surface area contributed by atoms with Gasteiger partial charge >= 0.3 is 5.69 Å². The number of carbonyl (C=O) groups is 1. The summed E-state index contributed by atoms with van der Waals surface area (Å²) in [7, 11) is 7.02. The van der Waals surface area contributed by atoms with E-state index in [0.29, 0.717) is 30.7 Å². The summed E-state index contributed by atoms with van der Waals surface area (Å²) in [6.07, 6.45) is 1.45. The zero-order valence-electron chi connectivity index (χ0n) is 15.3. The van der Waals surface area contributed by atoms with Crippen LogP contribution in [0.25, 0.3) is 11.2 Å². The predicted octanol–water partition coefficient (Wildman–Crippen LogP) is -1.16. The molecule has 0 N–H and O–H groups in total. The molecule has 3 heterocycles. The van der Waals surface area contributed by atoms with Gasteiger partial charge in [-0.1, -0.05) is 6.92 Å². The molecule has 0 radical (unpaired) electrons. The third kappa shape index (κ3) is 2.78. The van der Waals surface area contributed by atoms with Crippen molar-refractivity contribution in [3.8, 4) is 0 Å². The molecule has 2 aromatic rings. The summed E-state index contributed by atoms with van der Waals surface area (Å²) in [6, 6.07) is 0.331. The van der Waals surface area contributed by atoms with Crippen LogP contribution in [0.4, 0.5) is 0 Å². The molecule has 9 heteroatoms. The van der Waals surface area contributed by atoms with Crippen LogP contribution >= 0.6 is 0 Å². The quantitative estimate of drug-likeness (QED) is 0.699. The van der Waals surface area contributed by atoms with Crippen molar-refractivity contribution in [1.82, 2.24) is 28.5 Å². The summed E-state index contributed by atoms with van der Waals surface area (Å²) in [5, 5.41) is 0. The molecule has 1 aliphatic heterocycles. The summed E-state index contributed by atoms with van der Waals surface area (Å²) in [6.45, 7) is 3.55. The molecule has 1 fully saturated rings. The molecule has 1 amide bonds. The fourth-order valence-electron chi connectivity index (χ4n) is 3.59. The van der Waals surface area contributed by atoms with Crippen molar-refractivity contribution in [3.63, 3.8) is 0 Å². The Balaban J connectivity index is 1.91. The lowest BCUT2D eigenvalue weighted by Gasteiger charge is -2.22. The van der Waals surface area contributed by atoms with Gasteiger partial charge in [-0.15, -0.1) is 0 Å². The van der Waals surface area contributed by atoms with Gasteiger partial charge in [0.1, 0.15) is 6.54 Å². The highest BCUT2D eigenvalue weighted by atomic mass is 16.2. The average molecular weight is 348 g/mol. The lowest BCUT2D eigenvalue weighted by Crippen LogP contribution is -2.39. The number of aromatic nitrogens is 4. The van der Waals surface area contributed by atoms with E-state index in [0.717, 1.165) is 4.57 Å². The number of imidazole rings is 1. The van der Waals surface area contributed by atoms with Gasteiger partial charge in [-0.2, -0.15) is 0 Å². The first-order valence-corrected chi connectivity index (χ1v) is 8.27. The monoisotopic (exact) mass is 348 g/mol. The molecule has 0 aromatic carbocycles. The first-order valence-electron chi connectivity index (χ1n) is 8.27. The van der Waals surface area contributed by atoms with Crippen molar-refractivity contribution >= 4 is 17.1 Å². The van der Waals surface area contributed by atoms with Gasteiger partial charge in [0, 0.05) is 33.2 Å². The maximum atomic E-state index is 12.7. The molecule has 0 bridgehead atoms. The SMILES string of the molecule is C[C@H]1CN(C(=O)Cn2cnc3c2c(=O)n(C)c(=O)n3C)C[C@H]1N(C)C. The van der Waals surface area contributed by atoms with E-state index in [2.05, 4.69) is 16.8 Å². The van der Waals surface area contributed by atoms with Crippen LogP contribution < -0.4 is 11.2 Å². The van der Waals surface area contributed by atoms with Crippen molar-refractivity contribution < 1.29 is 4.79 Å². The molecule has 2 aromatic heterocycles. The number of nitrogens with zero attached hydrogens (tertiary/aromatic N) is 6. The van der Waals surface area contributed by atoms with E-state index < -0.39 is 11.2 Å². The van der Waals surface area contributed by atoms with Crippen LogP contribution in [0.1, 0.15) is 6.92 Å². The van der Waals surface area contributed by atoms with E-state index in [-0.39, 0.29) is 18.0 Å². The third-order valence-corrected chi connectivity index (χ3v) is 5.11. The van der Waals surface area contributed by atoms with Gasteiger partial charge in [0.25, 0.3) is 5.56 Å². The van der Waals surface area contributed by atoms with E-state index in [1.807, 2.05) is 19.0 Å². The molecule has 0 unspecified atom stereocenters. The van der Waals surface area contributed by atoms with Gasteiger partial charge in [-0.05, 0) is 20.0 Å². The number of likely N-dealkylation sites (N-methyl/N-ethyl adjacent to an activating group) is 1. The molecule has 136 valence electrons. The Morgan fingerprint density at radius 2 is 1.92 bits per heavy atom. The normalized spacial score (nSPS) is 20.8. The second-order valence-electron chi connectivity index (χ2n) is 7.06. The van der Waals surface area contributed by atoms with E-state index in [4.69, 9.17) is 0 Å². The number of aryl methyl sites for hydroxylation is 1. The van der Waals surface area contributed by atoms with Gasteiger partial charge in [0.05, 0.1) is 6.33 Å². The van der Waals surface area contributed by atoms with Gasteiger partial charge in [0.15, 0.2) is 11.2 Å². The van der Waals surface area contributed by atoms with Crippen molar-refractivity contribution in [1.29, 1.82) is 0 Å². The minimum atomic E-state index is -0.440. The fourth-order valence-corrected chi connectivity index (χ4v) is 3.59. The highest BCUT2D eigenvalue weighted by Gasteiger charge is 2.33. The first kappa shape index (κ1) is 17.4. The molecule has 0 saturated carbocycles. The summed E-state index contributed by atoms with van der Waals surface area (Å²) in [4.78, 5) is 45.2. The molecular weight excluding hydrogens is 324 g/mol. The van der Waals surface area contributed by atoms with Crippen molar-refractivity contribution in [2.45, 2.75) is 19.5 Å². The van der Waals surface area contributed by atoms with Crippen LogP contribution in [0.3, 0.4) is 0 Å². The third-order valence-electron chi connectivity index (χ3n) is 5.11. The number of hydrogen-bond acceptors (Lipinski definition) is 5. The molecule has 25 heavy (non-hydrogen) atoms. The maximum absolute atomic E-state index is 12.7. The molecular formula is C16H24N6O3. The van der Waals surface area contributed by atoms with Crippen molar-refractivity contribution in [2.75, 3.05) is 27.2 Å². The number of fused-ring (bicyclic) bond motifs is 1. The van der Waals surface area contributed by atoms with Crippen LogP contribution in [0.15, 0.2) is 15.9 Å². The number of likely N-dealkylation sites (tertiary alicyclic amines) is 1. The fraction of sp³-hybridized carbons (Fsp3) is 0.625. The Hall–Kier alpha value is -2.42. The van der Waals surface area contributed by atoms with Gasteiger partial charge in [-0.25, -0.2) is 9.78 Å². The largest absolute Gasteiger partial charge is 0.339 e. The summed E-state index contributed by atoms with van der Waals surface area (Å²) in [5.41, 5.74) is -0.308. The van der Waals surface area contributed by atoms with E-state index >= 15 is 0 Å². The topological polar surface area (TPSA) is 85.4 Å². The Labute approximate surface area is 145 Å². The van der Waals surface area contributed by atoms with Crippen molar-refractivity contribution in [2.24, 2.45) is 20.0 Å².